The van der Waals surface area contributed by atoms with E-state index in [1.54, 1.807) is 49.4 Å². The van der Waals surface area contributed by atoms with E-state index in [0.717, 1.165) is 10.9 Å². The third-order valence-corrected chi connectivity index (χ3v) is 7.21. The predicted octanol–water partition coefficient (Wildman–Crippen LogP) is 3.34. The first-order valence-electron chi connectivity index (χ1n) is 10.8. The minimum Gasteiger partial charge on any atom is -0.480 e. The van der Waals surface area contributed by atoms with Gasteiger partial charge in [0.05, 0.1) is 4.90 Å². The summed E-state index contributed by atoms with van der Waals surface area (Å²) in [7, 11) is -4.06. The topological polar surface area (TPSA) is 113 Å². The lowest BCUT2D eigenvalue weighted by Gasteiger charge is -2.25. The fraction of sp³-hybridized carbons (Fsp3) is 0.280. The van der Waals surface area contributed by atoms with E-state index in [1.165, 1.54) is 6.07 Å². The highest BCUT2D eigenvalue weighted by molar-refractivity contribution is 7.89. The second kappa shape index (κ2) is 10.6. The van der Waals surface area contributed by atoms with Crippen molar-refractivity contribution in [3.8, 4) is 0 Å². The largest absolute Gasteiger partial charge is 0.480 e. The number of hydrogen-bond acceptors (Lipinski definition) is 4. The third-order valence-electron chi connectivity index (χ3n) is 5.71. The highest BCUT2D eigenvalue weighted by atomic mass is 32.2. The van der Waals surface area contributed by atoms with E-state index >= 15 is 0 Å². The molecule has 3 rings (SSSR count). The molecule has 0 saturated carbocycles. The van der Waals surface area contributed by atoms with Crippen LogP contribution in [0.4, 0.5) is 0 Å². The highest BCUT2D eigenvalue weighted by Crippen LogP contribution is 2.24. The van der Waals surface area contributed by atoms with Gasteiger partial charge in [-0.15, -0.1) is 0 Å². The molecule has 0 aliphatic carbocycles. The number of sulfonamides is 1. The molecule has 0 aromatic heterocycles. The number of amides is 1. The van der Waals surface area contributed by atoms with Gasteiger partial charge in [0.1, 0.15) is 12.1 Å². The van der Waals surface area contributed by atoms with Crippen LogP contribution in [0.3, 0.4) is 0 Å². The molecular weight excluding hydrogens is 440 g/mol. The van der Waals surface area contributed by atoms with Crippen LogP contribution in [-0.4, -0.2) is 37.5 Å². The Kier molecular flexibility index (Phi) is 7.84. The molecule has 3 aromatic carbocycles. The van der Waals surface area contributed by atoms with Gasteiger partial charge in [0, 0.05) is 11.8 Å². The van der Waals surface area contributed by atoms with Crippen LogP contribution in [-0.2, 0) is 26.0 Å². The lowest BCUT2D eigenvalue weighted by Crippen LogP contribution is -2.54. The molecule has 0 aliphatic heterocycles. The van der Waals surface area contributed by atoms with E-state index in [1.807, 2.05) is 31.2 Å². The Hall–Kier alpha value is -3.23. The number of rotatable bonds is 10. The van der Waals surface area contributed by atoms with Crippen molar-refractivity contribution in [3.05, 3.63) is 78.4 Å². The quantitative estimate of drug-likeness (QED) is 0.422. The van der Waals surface area contributed by atoms with Crippen LogP contribution < -0.4 is 10.0 Å². The van der Waals surface area contributed by atoms with Gasteiger partial charge in [0.15, 0.2) is 0 Å². The Labute approximate surface area is 193 Å². The van der Waals surface area contributed by atoms with Gasteiger partial charge in [0.2, 0.25) is 15.9 Å². The van der Waals surface area contributed by atoms with E-state index in [9.17, 15) is 23.1 Å². The molecule has 0 aliphatic rings. The second-order valence-electron chi connectivity index (χ2n) is 8.05. The zero-order valence-electron chi connectivity index (χ0n) is 18.6. The van der Waals surface area contributed by atoms with E-state index in [2.05, 4.69) is 10.0 Å². The van der Waals surface area contributed by atoms with Crippen LogP contribution in [0.5, 0.6) is 0 Å². The molecule has 33 heavy (non-hydrogen) atoms. The lowest BCUT2D eigenvalue weighted by molar-refractivity contribution is -0.142. The maximum Gasteiger partial charge on any atom is 0.326 e. The van der Waals surface area contributed by atoms with Crippen molar-refractivity contribution < 1.29 is 23.1 Å². The van der Waals surface area contributed by atoms with Gasteiger partial charge in [-0.3, -0.25) is 4.79 Å². The predicted molar refractivity (Wildman–Crippen MR) is 127 cm³/mol. The Morgan fingerprint density at radius 3 is 2.24 bits per heavy atom. The minimum atomic E-state index is -4.06. The van der Waals surface area contributed by atoms with Crippen molar-refractivity contribution >= 4 is 32.7 Å². The van der Waals surface area contributed by atoms with Crippen LogP contribution in [0.15, 0.2) is 77.7 Å². The summed E-state index contributed by atoms with van der Waals surface area (Å²) in [6.45, 7) is 3.60. The van der Waals surface area contributed by atoms with Gasteiger partial charge in [-0.1, -0.05) is 87.0 Å². The van der Waals surface area contributed by atoms with E-state index in [0.29, 0.717) is 11.8 Å². The number of carbonyl (C=O) groups excluding carboxylic acids is 1. The zero-order chi connectivity index (χ0) is 24.0. The number of fused-ring (bicyclic) bond motifs is 1. The molecule has 0 radical (unpaired) electrons. The van der Waals surface area contributed by atoms with Crippen LogP contribution in [0, 0.1) is 5.92 Å². The third kappa shape index (κ3) is 5.97. The van der Waals surface area contributed by atoms with Crippen LogP contribution >= 0.6 is 0 Å². The average molecular weight is 469 g/mol. The molecule has 1 amide bonds. The Bertz CT molecular complexity index is 1220. The monoisotopic (exact) mass is 468 g/mol. The molecule has 3 N–H and O–H groups in total. The maximum atomic E-state index is 13.3. The number of benzene rings is 3. The molecule has 174 valence electrons. The van der Waals surface area contributed by atoms with Gasteiger partial charge in [0.25, 0.3) is 0 Å². The summed E-state index contributed by atoms with van der Waals surface area (Å²) in [6.07, 6.45) is 0.609. The number of carboxylic acid groups (broad SMARTS) is 1. The summed E-state index contributed by atoms with van der Waals surface area (Å²) in [4.78, 5) is 25.0. The van der Waals surface area contributed by atoms with Crippen molar-refractivity contribution in [3.63, 3.8) is 0 Å². The van der Waals surface area contributed by atoms with Gasteiger partial charge in [-0.2, -0.15) is 4.72 Å². The van der Waals surface area contributed by atoms with E-state index < -0.39 is 34.0 Å². The summed E-state index contributed by atoms with van der Waals surface area (Å²) < 4.78 is 29.1. The second-order valence-corrected chi connectivity index (χ2v) is 9.73. The summed E-state index contributed by atoms with van der Waals surface area (Å²) in [5, 5.41) is 13.5. The maximum absolute atomic E-state index is 13.3. The van der Waals surface area contributed by atoms with Gasteiger partial charge >= 0.3 is 5.97 Å². The van der Waals surface area contributed by atoms with Gasteiger partial charge in [-0.25, -0.2) is 13.2 Å². The minimum absolute atomic E-state index is 0.0702. The van der Waals surface area contributed by atoms with E-state index in [-0.39, 0.29) is 17.2 Å². The Morgan fingerprint density at radius 2 is 1.58 bits per heavy atom. The summed E-state index contributed by atoms with van der Waals surface area (Å²) >= 11 is 0. The molecule has 0 fully saturated rings. The van der Waals surface area contributed by atoms with E-state index in [4.69, 9.17) is 0 Å². The summed E-state index contributed by atoms with van der Waals surface area (Å²) in [5.41, 5.74) is 0.752. The van der Waals surface area contributed by atoms with Crippen molar-refractivity contribution in [1.29, 1.82) is 0 Å². The van der Waals surface area contributed by atoms with Gasteiger partial charge < -0.3 is 10.4 Å². The molecule has 7 nitrogen and oxygen atoms in total. The first-order chi connectivity index (χ1) is 15.7. The Balaban J connectivity index is 1.86. The number of carbonyl (C=O) groups is 2. The molecule has 3 atom stereocenters. The highest BCUT2D eigenvalue weighted by Gasteiger charge is 2.33. The smallest absolute Gasteiger partial charge is 0.326 e. The molecule has 0 bridgehead atoms. The van der Waals surface area contributed by atoms with Crippen molar-refractivity contribution in [2.45, 2.75) is 43.7 Å². The SMILES string of the molecule is CC[C@H](C)[C@H](NS(=O)(=O)c1cccc2ccccc12)C(=O)N[C@@H](Cc1ccccc1)C(=O)O. The normalized spacial score (nSPS) is 14.4. The van der Waals surface area contributed by atoms with Crippen molar-refractivity contribution in [2.75, 3.05) is 0 Å². The standard InChI is InChI=1S/C25H28N2O5S/c1-3-17(2)23(24(28)26-21(25(29)30)16-18-10-5-4-6-11-18)27-33(31,32)22-15-9-13-19-12-7-8-14-20(19)22/h4-15,17,21,23,27H,3,16H2,1-2H3,(H,26,28)(H,29,30)/t17-,21-,23-/m0/s1. The molecule has 0 saturated heterocycles. The zero-order valence-corrected chi connectivity index (χ0v) is 19.4. The number of aliphatic carboxylic acids is 1. The first kappa shape index (κ1) is 24.4. The Morgan fingerprint density at radius 1 is 0.939 bits per heavy atom. The fourth-order valence-electron chi connectivity index (χ4n) is 3.64. The first-order valence-corrected chi connectivity index (χ1v) is 12.3. The lowest BCUT2D eigenvalue weighted by atomic mass is 9.98. The number of nitrogens with one attached hydrogen (secondary N) is 2. The van der Waals surface area contributed by atoms with Crippen LogP contribution in [0.1, 0.15) is 25.8 Å². The molecule has 0 unspecified atom stereocenters. The molecular formula is C25H28N2O5S. The summed E-state index contributed by atoms with van der Waals surface area (Å²) in [6, 6.07) is 18.7. The van der Waals surface area contributed by atoms with Crippen LogP contribution in [0.2, 0.25) is 0 Å². The van der Waals surface area contributed by atoms with Crippen molar-refractivity contribution in [2.24, 2.45) is 5.92 Å². The van der Waals surface area contributed by atoms with Crippen LogP contribution in [0.25, 0.3) is 10.8 Å². The molecule has 0 heterocycles. The summed E-state index contributed by atoms with van der Waals surface area (Å²) in [5.74, 6) is -2.22. The molecule has 3 aromatic rings. The average Bonchev–Trinajstić information content (AvgIpc) is 2.81. The van der Waals surface area contributed by atoms with Crippen molar-refractivity contribution in [1.82, 2.24) is 10.0 Å². The fourth-order valence-corrected chi connectivity index (χ4v) is 5.17. The number of carboxylic acids is 1. The molecule has 8 heteroatoms. The number of hydrogen-bond donors (Lipinski definition) is 3. The van der Waals surface area contributed by atoms with Gasteiger partial charge in [-0.05, 0) is 22.9 Å². The molecule has 0 spiro atoms.